The molecule has 0 atom stereocenters. The predicted octanol–water partition coefficient (Wildman–Crippen LogP) is 3.20. The van der Waals surface area contributed by atoms with Crippen molar-refractivity contribution in [2.75, 3.05) is 172 Å². The summed E-state index contributed by atoms with van der Waals surface area (Å²) in [5, 5.41) is 0. The number of ether oxygens (including phenoxy) is 13. The van der Waals surface area contributed by atoms with Gasteiger partial charge in [-0.2, -0.15) is 0 Å². The summed E-state index contributed by atoms with van der Waals surface area (Å²) in [6.07, 6.45) is 12.8. The normalized spacial score (nSPS) is 11.4. The molecule has 13 heteroatoms. The Kier molecular flexibility index (Phi) is 45.1. The van der Waals surface area contributed by atoms with Crippen LogP contribution >= 0.6 is 0 Å². The Balaban J connectivity index is 3.04. The predicted molar refractivity (Wildman–Crippen MR) is 183 cm³/mol. The summed E-state index contributed by atoms with van der Waals surface area (Å²) in [6.45, 7) is 16.0. The molecular weight excluding hydrogens is 628 g/mol. The molecule has 0 amide bonds. The maximum atomic E-state index is 5.59. The number of unbranched alkanes of at least 4 members (excludes halogenated alkanes) is 5. The molecule has 0 unspecified atom stereocenters. The molecule has 0 fully saturated rings. The van der Waals surface area contributed by atoms with E-state index in [1.165, 1.54) is 32.1 Å². The number of terminal acetylenes is 1. The Labute approximate surface area is 291 Å². The highest BCUT2D eigenvalue weighted by Gasteiger charge is 1.97. The SMILES string of the molecule is C#CCOCCOCCOCCOCCOCCOCCOCCOCCOCCOCCOCCOCCOCCCCCCCC. The monoisotopic (exact) mass is 696 g/mol. The molecule has 0 aromatic heterocycles. The number of rotatable bonds is 44. The maximum absolute atomic E-state index is 5.59. The van der Waals surface area contributed by atoms with Gasteiger partial charge in [-0.25, -0.2) is 0 Å². The smallest absolute Gasteiger partial charge is 0.107 e. The van der Waals surface area contributed by atoms with Crippen LogP contribution < -0.4 is 0 Å². The summed E-state index contributed by atoms with van der Waals surface area (Å²) in [4.78, 5) is 0. The molecule has 0 spiro atoms. The average Bonchev–Trinajstić information content (AvgIpc) is 3.10. The molecule has 0 heterocycles. The van der Waals surface area contributed by atoms with E-state index in [9.17, 15) is 0 Å². The van der Waals surface area contributed by atoms with Gasteiger partial charge in [0, 0.05) is 6.61 Å². The van der Waals surface area contributed by atoms with Crippen molar-refractivity contribution in [3.8, 4) is 12.3 Å². The van der Waals surface area contributed by atoms with E-state index in [1.807, 2.05) is 0 Å². The molecule has 0 N–H and O–H groups in total. The lowest BCUT2D eigenvalue weighted by Crippen LogP contribution is -2.15. The summed E-state index contributed by atoms with van der Waals surface area (Å²) < 4.78 is 70.8. The molecule has 0 aromatic carbocycles. The van der Waals surface area contributed by atoms with Crippen LogP contribution in [0.2, 0.25) is 0 Å². The van der Waals surface area contributed by atoms with Gasteiger partial charge in [0.05, 0.1) is 159 Å². The van der Waals surface area contributed by atoms with Crippen LogP contribution in [0.25, 0.3) is 0 Å². The molecule has 0 radical (unpaired) electrons. The van der Waals surface area contributed by atoms with E-state index in [1.54, 1.807) is 0 Å². The largest absolute Gasteiger partial charge is 0.379 e. The summed E-state index contributed by atoms with van der Waals surface area (Å²) in [7, 11) is 0. The Hall–Kier alpha value is -0.960. The van der Waals surface area contributed by atoms with Crippen molar-refractivity contribution in [2.24, 2.45) is 0 Å². The average molecular weight is 697 g/mol. The minimum Gasteiger partial charge on any atom is -0.379 e. The minimum atomic E-state index is 0.308. The molecule has 0 rings (SSSR count). The van der Waals surface area contributed by atoms with Gasteiger partial charge in [0.15, 0.2) is 0 Å². The van der Waals surface area contributed by atoms with E-state index in [0.29, 0.717) is 165 Å². The minimum absolute atomic E-state index is 0.308. The molecule has 0 aromatic rings. The van der Waals surface area contributed by atoms with Gasteiger partial charge in [0.25, 0.3) is 0 Å². The summed E-state index contributed by atoms with van der Waals surface area (Å²) in [5.41, 5.74) is 0. The number of hydrogen-bond acceptors (Lipinski definition) is 13. The third-order valence-corrected chi connectivity index (χ3v) is 6.29. The summed E-state index contributed by atoms with van der Waals surface area (Å²) >= 11 is 0. The van der Waals surface area contributed by atoms with Crippen molar-refractivity contribution in [1.29, 1.82) is 0 Å². The van der Waals surface area contributed by atoms with Gasteiger partial charge in [-0.15, -0.1) is 6.42 Å². The first-order valence-corrected chi connectivity index (χ1v) is 17.9. The first-order chi connectivity index (χ1) is 23.9. The van der Waals surface area contributed by atoms with Crippen LogP contribution in [0.1, 0.15) is 45.4 Å². The second-order valence-corrected chi connectivity index (χ2v) is 10.4. The standard InChI is InChI=1S/C35H68O13/c1-3-5-6-7-8-9-11-37-13-15-39-17-19-41-21-23-43-25-27-45-29-31-47-33-35-48-34-32-46-30-28-44-26-24-42-22-20-40-18-16-38-14-12-36-10-4-2/h2H,3,5-35H2,1H3. The molecule has 0 aliphatic rings. The highest BCUT2D eigenvalue weighted by atomic mass is 16.6. The fraction of sp³-hybridized carbons (Fsp3) is 0.943. The summed E-state index contributed by atoms with van der Waals surface area (Å²) in [6, 6.07) is 0. The van der Waals surface area contributed by atoms with Crippen LogP contribution in [0.4, 0.5) is 0 Å². The lowest BCUT2D eigenvalue weighted by Gasteiger charge is -2.09. The molecular formula is C35H68O13. The van der Waals surface area contributed by atoms with Crippen LogP contribution in [0, 0.1) is 12.3 Å². The van der Waals surface area contributed by atoms with Gasteiger partial charge >= 0.3 is 0 Å². The molecule has 0 aliphatic carbocycles. The van der Waals surface area contributed by atoms with Crippen LogP contribution in [0.3, 0.4) is 0 Å². The Morgan fingerprint density at radius 3 is 0.729 bits per heavy atom. The van der Waals surface area contributed by atoms with Crippen LogP contribution in [0.15, 0.2) is 0 Å². The molecule has 13 nitrogen and oxygen atoms in total. The van der Waals surface area contributed by atoms with E-state index in [-0.39, 0.29) is 0 Å². The van der Waals surface area contributed by atoms with E-state index in [0.717, 1.165) is 13.0 Å². The fourth-order valence-corrected chi connectivity index (χ4v) is 3.75. The van der Waals surface area contributed by atoms with Crippen LogP contribution in [-0.2, 0) is 61.6 Å². The molecule has 0 aliphatic heterocycles. The zero-order chi connectivity index (χ0) is 34.5. The van der Waals surface area contributed by atoms with Crippen molar-refractivity contribution in [3.63, 3.8) is 0 Å². The van der Waals surface area contributed by atoms with Gasteiger partial charge in [-0.1, -0.05) is 44.9 Å². The van der Waals surface area contributed by atoms with Crippen molar-refractivity contribution < 1.29 is 61.6 Å². The van der Waals surface area contributed by atoms with Gasteiger partial charge in [-0.3, -0.25) is 0 Å². The van der Waals surface area contributed by atoms with Gasteiger partial charge in [0.1, 0.15) is 6.61 Å². The third-order valence-electron chi connectivity index (χ3n) is 6.29. The number of hydrogen-bond donors (Lipinski definition) is 0. The molecule has 0 bridgehead atoms. The lowest BCUT2D eigenvalue weighted by atomic mass is 10.1. The Morgan fingerprint density at radius 2 is 0.479 bits per heavy atom. The van der Waals surface area contributed by atoms with Crippen molar-refractivity contribution >= 4 is 0 Å². The fourth-order valence-electron chi connectivity index (χ4n) is 3.75. The van der Waals surface area contributed by atoms with E-state index in [4.69, 9.17) is 68.0 Å². The van der Waals surface area contributed by atoms with Crippen molar-refractivity contribution in [2.45, 2.75) is 45.4 Å². The molecule has 0 saturated carbocycles. The topological polar surface area (TPSA) is 120 Å². The van der Waals surface area contributed by atoms with E-state index >= 15 is 0 Å². The lowest BCUT2D eigenvalue weighted by molar-refractivity contribution is -0.0289. The molecule has 286 valence electrons. The molecule has 0 saturated heterocycles. The Bertz CT molecular complexity index is 610. The van der Waals surface area contributed by atoms with Crippen LogP contribution in [0.5, 0.6) is 0 Å². The van der Waals surface area contributed by atoms with E-state index < -0.39 is 0 Å². The second-order valence-electron chi connectivity index (χ2n) is 10.4. The highest BCUT2D eigenvalue weighted by Crippen LogP contribution is 2.04. The quantitative estimate of drug-likeness (QED) is 0.0686. The van der Waals surface area contributed by atoms with Gasteiger partial charge < -0.3 is 61.6 Å². The first-order valence-electron chi connectivity index (χ1n) is 17.9. The van der Waals surface area contributed by atoms with Gasteiger partial charge in [-0.05, 0) is 6.42 Å². The van der Waals surface area contributed by atoms with Gasteiger partial charge in [0.2, 0.25) is 0 Å². The zero-order valence-corrected chi connectivity index (χ0v) is 30.0. The third kappa shape index (κ3) is 45.0. The zero-order valence-electron chi connectivity index (χ0n) is 30.0. The Morgan fingerprint density at radius 1 is 0.271 bits per heavy atom. The van der Waals surface area contributed by atoms with Crippen molar-refractivity contribution in [1.82, 2.24) is 0 Å². The van der Waals surface area contributed by atoms with E-state index in [2.05, 4.69) is 12.8 Å². The van der Waals surface area contributed by atoms with Crippen LogP contribution in [-0.4, -0.2) is 172 Å². The molecule has 48 heavy (non-hydrogen) atoms. The highest BCUT2D eigenvalue weighted by molar-refractivity contribution is 4.82. The first kappa shape index (κ1) is 47.0. The maximum Gasteiger partial charge on any atom is 0.107 e. The summed E-state index contributed by atoms with van der Waals surface area (Å²) in [5.74, 6) is 2.40. The second kappa shape index (κ2) is 46.0. The van der Waals surface area contributed by atoms with Crippen molar-refractivity contribution in [3.05, 3.63) is 0 Å².